The fourth-order valence-corrected chi connectivity index (χ4v) is 2.69. The summed E-state index contributed by atoms with van der Waals surface area (Å²) in [5, 5.41) is 0. The smallest absolute Gasteiger partial charge is 0.141 e. The molecule has 0 amide bonds. The van der Waals surface area contributed by atoms with Crippen LogP contribution in [0.1, 0.15) is 43.7 Å². The van der Waals surface area contributed by atoms with Gasteiger partial charge in [-0.05, 0) is 24.5 Å². The number of pyridine rings is 1. The van der Waals surface area contributed by atoms with E-state index in [2.05, 4.69) is 4.98 Å². The normalized spacial score (nSPS) is 21.1. The molecule has 1 unspecified atom stereocenters. The molecule has 1 fully saturated rings. The molecule has 1 aliphatic rings. The van der Waals surface area contributed by atoms with Gasteiger partial charge in [0.1, 0.15) is 5.82 Å². The van der Waals surface area contributed by atoms with Crippen molar-refractivity contribution in [3.8, 4) is 0 Å². The van der Waals surface area contributed by atoms with Crippen LogP contribution in [-0.2, 0) is 4.74 Å². The Morgan fingerprint density at radius 1 is 1.35 bits per heavy atom. The summed E-state index contributed by atoms with van der Waals surface area (Å²) in [6.45, 7) is 0. The first-order valence-electron chi connectivity index (χ1n) is 6.09. The largest absolute Gasteiger partial charge is 0.376 e. The van der Waals surface area contributed by atoms with E-state index in [1.807, 2.05) is 0 Å². The number of nitrogens with two attached hydrogens (primary N) is 1. The number of hydrogen-bond donors (Lipinski definition) is 1. The van der Waals surface area contributed by atoms with Gasteiger partial charge < -0.3 is 10.5 Å². The second-order valence-electron chi connectivity index (χ2n) is 4.74. The van der Waals surface area contributed by atoms with E-state index < -0.39 is 0 Å². The second kappa shape index (κ2) is 5.10. The molecule has 2 N–H and O–H groups in total. The maximum absolute atomic E-state index is 13.2. The zero-order chi connectivity index (χ0) is 12.3. The van der Waals surface area contributed by atoms with E-state index in [1.54, 1.807) is 13.3 Å². The van der Waals surface area contributed by atoms with Crippen LogP contribution in [-0.4, -0.2) is 17.7 Å². The van der Waals surface area contributed by atoms with Crippen molar-refractivity contribution in [3.05, 3.63) is 29.8 Å². The first kappa shape index (κ1) is 12.5. The summed E-state index contributed by atoms with van der Waals surface area (Å²) < 4.78 is 18.8. The summed E-state index contributed by atoms with van der Waals surface area (Å²) in [5.41, 5.74) is 6.62. The van der Waals surface area contributed by atoms with Gasteiger partial charge >= 0.3 is 0 Å². The first-order valence-corrected chi connectivity index (χ1v) is 6.09. The average molecular weight is 238 g/mol. The molecule has 1 heterocycles. The van der Waals surface area contributed by atoms with Crippen molar-refractivity contribution >= 4 is 0 Å². The number of hydrogen-bond acceptors (Lipinski definition) is 3. The Labute approximate surface area is 101 Å². The lowest BCUT2D eigenvalue weighted by atomic mass is 9.77. The van der Waals surface area contributed by atoms with Crippen LogP contribution < -0.4 is 5.73 Å². The highest BCUT2D eigenvalue weighted by Gasteiger charge is 2.39. The van der Waals surface area contributed by atoms with Gasteiger partial charge in [0.05, 0.1) is 17.8 Å². The number of methoxy groups -OCH3 is 1. The summed E-state index contributed by atoms with van der Waals surface area (Å²) in [5.74, 6) is -0.347. The number of aromatic nitrogens is 1. The van der Waals surface area contributed by atoms with E-state index in [-0.39, 0.29) is 17.5 Å². The number of nitrogens with zero attached hydrogens (tertiary/aromatic N) is 1. The van der Waals surface area contributed by atoms with Gasteiger partial charge in [0.15, 0.2) is 0 Å². The number of ether oxygens (including phenoxy) is 1. The van der Waals surface area contributed by atoms with E-state index in [0.29, 0.717) is 5.56 Å². The highest BCUT2D eigenvalue weighted by atomic mass is 19.1. The molecule has 4 heteroatoms. The van der Waals surface area contributed by atoms with Gasteiger partial charge in [-0.3, -0.25) is 4.98 Å². The van der Waals surface area contributed by atoms with Crippen LogP contribution in [0.2, 0.25) is 0 Å². The molecule has 1 aromatic rings. The molecule has 1 atom stereocenters. The highest BCUT2D eigenvalue weighted by Crippen LogP contribution is 2.39. The minimum Gasteiger partial charge on any atom is -0.376 e. The van der Waals surface area contributed by atoms with E-state index in [0.717, 1.165) is 25.7 Å². The standard InChI is InChI=1S/C13H19FN2O/c1-17-13(5-3-2-4-6-13)12(15)10-7-11(14)9-16-8-10/h7-9,12H,2-6,15H2,1H3. The molecule has 17 heavy (non-hydrogen) atoms. The zero-order valence-electron chi connectivity index (χ0n) is 10.2. The molecule has 0 saturated heterocycles. The van der Waals surface area contributed by atoms with Gasteiger partial charge in [-0.25, -0.2) is 4.39 Å². The van der Waals surface area contributed by atoms with Crippen molar-refractivity contribution in [3.63, 3.8) is 0 Å². The zero-order valence-corrected chi connectivity index (χ0v) is 10.2. The van der Waals surface area contributed by atoms with Crippen molar-refractivity contribution < 1.29 is 9.13 Å². The molecule has 94 valence electrons. The molecule has 3 nitrogen and oxygen atoms in total. The summed E-state index contributed by atoms with van der Waals surface area (Å²) >= 11 is 0. The summed E-state index contributed by atoms with van der Waals surface area (Å²) in [6, 6.07) is 1.14. The Morgan fingerprint density at radius 3 is 2.65 bits per heavy atom. The predicted molar refractivity (Wildman–Crippen MR) is 63.9 cm³/mol. The lowest BCUT2D eigenvalue weighted by Crippen LogP contribution is -2.44. The van der Waals surface area contributed by atoms with Crippen molar-refractivity contribution in [2.24, 2.45) is 5.73 Å². The lowest BCUT2D eigenvalue weighted by Gasteiger charge is -2.40. The third-order valence-electron chi connectivity index (χ3n) is 3.76. The monoisotopic (exact) mass is 238 g/mol. The molecular weight excluding hydrogens is 219 g/mol. The van der Waals surface area contributed by atoms with Crippen molar-refractivity contribution in [1.82, 2.24) is 4.98 Å². The topological polar surface area (TPSA) is 48.1 Å². The van der Waals surface area contributed by atoms with E-state index in [9.17, 15) is 4.39 Å². The Morgan fingerprint density at radius 2 is 2.06 bits per heavy atom. The predicted octanol–water partition coefficient (Wildman–Crippen LogP) is 2.57. The van der Waals surface area contributed by atoms with Crippen LogP contribution in [0, 0.1) is 5.82 Å². The molecule has 0 spiro atoms. The SMILES string of the molecule is COC1(C(N)c2cncc(F)c2)CCCCC1. The summed E-state index contributed by atoms with van der Waals surface area (Å²) in [4.78, 5) is 3.85. The fourth-order valence-electron chi connectivity index (χ4n) is 2.69. The van der Waals surface area contributed by atoms with Crippen LogP contribution in [0.5, 0.6) is 0 Å². The van der Waals surface area contributed by atoms with Gasteiger partial charge in [0, 0.05) is 13.3 Å². The van der Waals surface area contributed by atoms with Crippen molar-refractivity contribution in [2.75, 3.05) is 7.11 Å². The minimum absolute atomic E-state index is 0.309. The number of rotatable bonds is 3. The van der Waals surface area contributed by atoms with Gasteiger partial charge in [0.25, 0.3) is 0 Å². The van der Waals surface area contributed by atoms with Crippen molar-refractivity contribution in [2.45, 2.75) is 43.7 Å². The van der Waals surface area contributed by atoms with E-state index in [1.165, 1.54) is 18.7 Å². The van der Waals surface area contributed by atoms with Gasteiger partial charge in [-0.1, -0.05) is 19.3 Å². The first-order chi connectivity index (χ1) is 8.18. The number of halogens is 1. The molecule has 0 aromatic carbocycles. The molecule has 2 rings (SSSR count). The Hall–Kier alpha value is -1.00. The fraction of sp³-hybridized carbons (Fsp3) is 0.615. The lowest BCUT2D eigenvalue weighted by molar-refractivity contribution is -0.0596. The summed E-state index contributed by atoms with van der Waals surface area (Å²) in [7, 11) is 1.69. The highest BCUT2D eigenvalue weighted by molar-refractivity contribution is 5.19. The molecular formula is C13H19FN2O. The molecule has 0 radical (unpaired) electrons. The molecule has 1 aliphatic carbocycles. The summed E-state index contributed by atoms with van der Waals surface area (Å²) in [6.07, 6.45) is 8.13. The Kier molecular flexibility index (Phi) is 3.74. The van der Waals surface area contributed by atoms with Gasteiger partial charge in [-0.2, -0.15) is 0 Å². The van der Waals surface area contributed by atoms with Gasteiger partial charge in [-0.15, -0.1) is 0 Å². The quantitative estimate of drug-likeness (QED) is 0.880. The van der Waals surface area contributed by atoms with E-state index >= 15 is 0 Å². The van der Waals surface area contributed by atoms with Crippen LogP contribution in [0.25, 0.3) is 0 Å². The Bertz CT molecular complexity index is 377. The second-order valence-corrected chi connectivity index (χ2v) is 4.74. The maximum atomic E-state index is 13.2. The molecule has 0 aliphatic heterocycles. The maximum Gasteiger partial charge on any atom is 0.141 e. The molecule has 1 aromatic heterocycles. The van der Waals surface area contributed by atoms with Crippen LogP contribution in [0.15, 0.2) is 18.5 Å². The van der Waals surface area contributed by atoms with Crippen LogP contribution in [0.4, 0.5) is 4.39 Å². The third-order valence-corrected chi connectivity index (χ3v) is 3.76. The molecule has 1 saturated carbocycles. The minimum atomic E-state index is -0.353. The van der Waals surface area contributed by atoms with E-state index in [4.69, 9.17) is 10.5 Å². The average Bonchev–Trinajstić information content (AvgIpc) is 2.38. The van der Waals surface area contributed by atoms with Crippen LogP contribution in [0.3, 0.4) is 0 Å². The molecule has 0 bridgehead atoms. The van der Waals surface area contributed by atoms with Crippen LogP contribution >= 0.6 is 0 Å². The van der Waals surface area contributed by atoms with Crippen molar-refractivity contribution in [1.29, 1.82) is 0 Å². The van der Waals surface area contributed by atoms with Gasteiger partial charge in [0.2, 0.25) is 0 Å². The third kappa shape index (κ3) is 2.48. The Balaban J connectivity index is 2.24.